The number of ether oxygens (including phenoxy) is 1. The molecule has 1 aliphatic heterocycles. The third kappa shape index (κ3) is 2.28. The number of esters is 1. The molecule has 3 rings (SSSR count). The summed E-state index contributed by atoms with van der Waals surface area (Å²) in [5, 5.41) is 2.77. The van der Waals surface area contributed by atoms with Gasteiger partial charge in [0.25, 0.3) is 5.91 Å². The van der Waals surface area contributed by atoms with E-state index in [2.05, 4.69) is 5.32 Å². The van der Waals surface area contributed by atoms with Crippen LogP contribution in [0.4, 0.5) is 0 Å². The smallest absolute Gasteiger partial charge is 0.343 e. The van der Waals surface area contributed by atoms with E-state index in [9.17, 15) is 9.59 Å². The molecule has 0 saturated heterocycles. The number of carbonyl (C=O) groups is 2. The number of carbonyl (C=O) groups excluding carboxylic acids is 2. The van der Waals surface area contributed by atoms with Gasteiger partial charge < -0.3 is 10.1 Å². The van der Waals surface area contributed by atoms with Gasteiger partial charge in [0.1, 0.15) is 5.75 Å². The van der Waals surface area contributed by atoms with Crippen LogP contribution in [0.15, 0.2) is 48.5 Å². The Hall–Kier alpha value is -2.62. The Morgan fingerprint density at radius 2 is 1.85 bits per heavy atom. The van der Waals surface area contributed by atoms with E-state index in [1.54, 1.807) is 42.5 Å². The van der Waals surface area contributed by atoms with Crippen molar-refractivity contribution in [1.82, 2.24) is 5.32 Å². The number of amides is 1. The molecule has 1 N–H and O–H groups in total. The molecule has 0 aromatic heterocycles. The van der Waals surface area contributed by atoms with E-state index < -0.39 is 5.97 Å². The van der Waals surface area contributed by atoms with Crippen LogP contribution < -0.4 is 10.1 Å². The zero-order valence-electron chi connectivity index (χ0n) is 10.8. The highest BCUT2D eigenvalue weighted by Crippen LogP contribution is 2.26. The second-order valence-electron chi connectivity index (χ2n) is 4.54. The van der Waals surface area contributed by atoms with E-state index in [0.29, 0.717) is 29.8 Å². The minimum Gasteiger partial charge on any atom is -0.423 e. The summed E-state index contributed by atoms with van der Waals surface area (Å²) in [7, 11) is 0. The van der Waals surface area contributed by atoms with Crippen LogP contribution >= 0.6 is 0 Å². The normalized spacial score (nSPS) is 13.3. The summed E-state index contributed by atoms with van der Waals surface area (Å²) < 4.78 is 5.43. The monoisotopic (exact) mass is 267 g/mol. The molecule has 0 aliphatic carbocycles. The van der Waals surface area contributed by atoms with Crippen molar-refractivity contribution in [3.05, 3.63) is 65.2 Å². The van der Waals surface area contributed by atoms with Crippen LogP contribution in [0.3, 0.4) is 0 Å². The molecule has 20 heavy (non-hydrogen) atoms. The summed E-state index contributed by atoms with van der Waals surface area (Å²) >= 11 is 0. The third-order valence-corrected chi connectivity index (χ3v) is 3.25. The highest BCUT2D eigenvalue weighted by Gasteiger charge is 2.21. The molecule has 0 unspecified atom stereocenters. The van der Waals surface area contributed by atoms with Crippen molar-refractivity contribution in [2.75, 3.05) is 6.54 Å². The minimum atomic E-state index is -0.412. The summed E-state index contributed by atoms with van der Waals surface area (Å²) in [6.45, 7) is 0.561. The van der Waals surface area contributed by atoms with Crippen molar-refractivity contribution >= 4 is 11.9 Å². The summed E-state index contributed by atoms with van der Waals surface area (Å²) in [6, 6.07) is 14.0. The van der Waals surface area contributed by atoms with E-state index in [1.807, 2.05) is 6.07 Å². The highest BCUT2D eigenvalue weighted by atomic mass is 16.5. The van der Waals surface area contributed by atoms with Crippen LogP contribution in [0.2, 0.25) is 0 Å². The highest BCUT2D eigenvalue weighted by molar-refractivity contribution is 5.98. The lowest BCUT2D eigenvalue weighted by Crippen LogP contribution is -2.32. The summed E-state index contributed by atoms with van der Waals surface area (Å²) in [5.74, 6) is -0.0694. The molecule has 0 saturated carbocycles. The number of rotatable bonds is 2. The van der Waals surface area contributed by atoms with Crippen LogP contribution in [0.25, 0.3) is 0 Å². The molecule has 1 aliphatic rings. The molecule has 4 nitrogen and oxygen atoms in total. The summed E-state index contributed by atoms with van der Waals surface area (Å²) in [4.78, 5) is 23.8. The number of hydrogen-bond acceptors (Lipinski definition) is 3. The topological polar surface area (TPSA) is 55.4 Å². The molecule has 0 fully saturated rings. The second-order valence-corrected chi connectivity index (χ2v) is 4.54. The van der Waals surface area contributed by atoms with Gasteiger partial charge in [0.05, 0.1) is 5.56 Å². The van der Waals surface area contributed by atoms with Crippen molar-refractivity contribution in [2.45, 2.75) is 6.42 Å². The van der Waals surface area contributed by atoms with Crippen molar-refractivity contribution in [3.63, 3.8) is 0 Å². The van der Waals surface area contributed by atoms with Gasteiger partial charge >= 0.3 is 5.97 Å². The Morgan fingerprint density at radius 3 is 2.65 bits per heavy atom. The predicted molar refractivity (Wildman–Crippen MR) is 73.9 cm³/mol. The molecular weight excluding hydrogens is 254 g/mol. The van der Waals surface area contributed by atoms with Crippen molar-refractivity contribution in [1.29, 1.82) is 0 Å². The molecule has 0 spiro atoms. The first-order chi connectivity index (χ1) is 9.75. The third-order valence-electron chi connectivity index (χ3n) is 3.25. The number of benzene rings is 2. The number of nitrogens with one attached hydrogen (secondary N) is 1. The lowest BCUT2D eigenvalue weighted by molar-refractivity contribution is 0.0730. The molecule has 1 amide bonds. The fraction of sp³-hybridized carbons (Fsp3) is 0.125. The van der Waals surface area contributed by atoms with E-state index in [-0.39, 0.29) is 5.91 Å². The van der Waals surface area contributed by atoms with Gasteiger partial charge in [0, 0.05) is 17.7 Å². The van der Waals surface area contributed by atoms with Crippen molar-refractivity contribution in [2.24, 2.45) is 0 Å². The SMILES string of the molecule is O=C(Oc1cccc2c1CCNC2=O)c1ccccc1. The van der Waals surface area contributed by atoms with Crippen LogP contribution in [0, 0.1) is 0 Å². The van der Waals surface area contributed by atoms with E-state index in [1.165, 1.54) is 0 Å². The van der Waals surface area contributed by atoms with Gasteiger partial charge in [-0.25, -0.2) is 4.79 Å². The first kappa shape index (κ1) is 12.4. The lowest BCUT2D eigenvalue weighted by Gasteiger charge is -2.19. The Labute approximate surface area is 116 Å². The van der Waals surface area contributed by atoms with Gasteiger partial charge in [-0.15, -0.1) is 0 Å². The van der Waals surface area contributed by atoms with Crippen LogP contribution in [0.1, 0.15) is 26.3 Å². The Balaban J connectivity index is 1.90. The maximum Gasteiger partial charge on any atom is 0.343 e. The van der Waals surface area contributed by atoms with Crippen LogP contribution in [-0.4, -0.2) is 18.4 Å². The van der Waals surface area contributed by atoms with Gasteiger partial charge in [-0.3, -0.25) is 4.79 Å². The van der Waals surface area contributed by atoms with Crippen molar-refractivity contribution < 1.29 is 14.3 Å². The fourth-order valence-corrected chi connectivity index (χ4v) is 2.26. The van der Waals surface area contributed by atoms with Gasteiger partial charge in [0.2, 0.25) is 0 Å². The van der Waals surface area contributed by atoms with Crippen LogP contribution in [0.5, 0.6) is 5.75 Å². The molecule has 1 heterocycles. The standard InChI is InChI=1S/C16H13NO3/c18-15-13-7-4-8-14(12(13)9-10-17-15)20-16(19)11-5-2-1-3-6-11/h1-8H,9-10H2,(H,17,18). The van der Waals surface area contributed by atoms with Gasteiger partial charge in [-0.05, 0) is 30.7 Å². The average molecular weight is 267 g/mol. The first-order valence-corrected chi connectivity index (χ1v) is 6.43. The molecule has 0 bridgehead atoms. The zero-order valence-corrected chi connectivity index (χ0v) is 10.8. The summed E-state index contributed by atoms with van der Waals surface area (Å²) in [5.41, 5.74) is 1.86. The molecule has 2 aromatic rings. The number of fused-ring (bicyclic) bond motifs is 1. The van der Waals surface area contributed by atoms with E-state index in [0.717, 1.165) is 5.56 Å². The van der Waals surface area contributed by atoms with Crippen LogP contribution in [-0.2, 0) is 6.42 Å². The first-order valence-electron chi connectivity index (χ1n) is 6.43. The van der Waals surface area contributed by atoms with Gasteiger partial charge in [0.15, 0.2) is 0 Å². The molecule has 100 valence electrons. The molecule has 2 aromatic carbocycles. The lowest BCUT2D eigenvalue weighted by atomic mass is 9.99. The summed E-state index contributed by atoms with van der Waals surface area (Å²) in [6.07, 6.45) is 0.666. The molecule has 0 radical (unpaired) electrons. The maximum absolute atomic E-state index is 12.1. The van der Waals surface area contributed by atoms with Gasteiger partial charge in [-0.2, -0.15) is 0 Å². The average Bonchev–Trinajstić information content (AvgIpc) is 2.49. The second kappa shape index (κ2) is 5.17. The van der Waals surface area contributed by atoms with Crippen molar-refractivity contribution in [3.8, 4) is 5.75 Å². The Morgan fingerprint density at radius 1 is 1.05 bits per heavy atom. The molecule has 0 atom stereocenters. The Kier molecular flexibility index (Phi) is 3.21. The van der Waals surface area contributed by atoms with E-state index >= 15 is 0 Å². The largest absolute Gasteiger partial charge is 0.423 e. The minimum absolute atomic E-state index is 0.121. The quantitative estimate of drug-likeness (QED) is 0.670. The van der Waals surface area contributed by atoms with Gasteiger partial charge in [-0.1, -0.05) is 24.3 Å². The molecule has 4 heteroatoms. The number of hydrogen-bond donors (Lipinski definition) is 1. The maximum atomic E-state index is 12.1. The fourth-order valence-electron chi connectivity index (χ4n) is 2.26. The molecular formula is C16H13NO3. The predicted octanol–water partition coefficient (Wildman–Crippen LogP) is 2.19. The Bertz CT molecular complexity index is 665. The zero-order chi connectivity index (χ0) is 13.9. The van der Waals surface area contributed by atoms with E-state index in [4.69, 9.17) is 4.74 Å².